The number of nitrogens with one attached hydrogen (secondary N) is 1. The fourth-order valence-corrected chi connectivity index (χ4v) is 3.63. The summed E-state index contributed by atoms with van der Waals surface area (Å²) < 4.78 is 11.2. The van der Waals surface area contributed by atoms with Crippen LogP contribution in [-0.4, -0.2) is 51.1 Å². The van der Waals surface area contributed by atoms with Gasteiger partial charge in [-0.1, -0.05) is 5.16 Å². The minimum atomic E-state index is 0.232. The number of aromatic nitrogens is 5. The van der Waals surface area contributed by atoms with Crippen LogP contribution in [0.3, 0.4) is 0 Å². The Kier molecular flexibility index (Phi) is 4.05. The summed E-state index contributed by atoms with van der Waals surface area (Å²) in [5.41, 5.74) is 4.17. The van der Waals surface area contributed by atoms with Gasteiger partial charge in [-0.3, -0.25) is 10.1 Å². The second kappa shape index (κ2) is 6.72. The summed E-state index contributed by atoms with van der Waals surface area (Å²) in [5.74, 6) is 1.59. The molecule has 1 fully saturated rings. The van der Waals surface area contributed by atoms with Crippen molar-refractivity contribution >= 4 is 16.7 Å². The number of hydrogen-bond acceptors (Lipinski definition) is 7. The quantitative estimate of drug-likeness (QED) is 0.587. The standard InChI is InChI=1S/C20H20N6O2/c1-12-9-17(28-25-12)15-10-18(26-7-8-27-11-13(26)2)23-19-14(15)3-5-21-20(19)16-4-6-22-24-16/h3-6,9-10,13H,7-8,11H2,1-2H3,(H,22,24). The molecule has 1 N–H and O–H groups in total. The van der Waals surface area contributed by atoms with Crippen molar-refractivity contribution in [1.29, 1.82) is 0 Å². The van der Waals surface area contributed by atoms with Crippen LogP contribution in [0.2, 0.25) is 0 Å². The lowest BCUT2D eigenvalue weighted by molar-refractivity contribution is 0.0986. The van der Waals surface area contributed by atoms with Gasteiger partial charge in [-0.25, -0.2) is 4.98 Å². The molecule has 5 heterocycles. The van der Waals surface area contributed by atoms with Gasteiger partial charge in [-0.2, -0.15) is 5.10 Å². The third-order valence-electron chi connectivity index (χ3n) is 5.03. The third kappa shape index (κ3) is 2.82. The van der Waals surface area contributed by atoms with E-state index < -0.39 is 0 Å². The van der Waals surface area contributed by atoms with Crippen LogP contribution < -0.4 is 4.90 Å². The predicted molar refractivity (Wildman–Crippen MR) is 105 cm³/mol. The lowest BCUT2D eigenvalue weighted by Gasteiger charge is -2.34. The molecule has 0 bridgehead atoms. The molecule has 0 spiro atoms. The van der Waals surface area contributed by atoms with E-state index in [4.69, 9.17) is 14.2 Å². The van der Waals surface area contributed by atoms with Crippen molar-refractivity contribution in [3.8, 4) is 22.7 Å². The molecular formula is C20H20N6O2. The maximum Gasteiger partial charge on any atom is 0.167 e. The molecule has 0 saturated carbocycles. The van der Waals surface area contributed by atoms with E-state index in [1.807, 2.05) is 25.1 Å². The van der Waals surface area contributed by atoms with Crippen LogP contribution in [0.5, 0.6) is 0 Å². The average Bonchev–Trinajstić information content (AvgIpc) is 3.39. The maximum atomic E-state index is 5.60. The Hall–Kier alpha value is -3.26. The molecule has 8 nitrogen and oxygen atoms in total. The Morgan fingerprint density at radius 3 is 2.89 bits per heavy atom. The van der Waals surface area contributed by atoms with Gasteiger partial charge in [0.1, 0.15) is 17.0 Å². The summed E-state index contributed by atoms with van der Waals surface area (Å²) in [6.45, 7) is 6.20. The predicted octanol–water partition coefficient (Wildman–Crippen LogP) is 3.21. The number of anilines is 1. The van der Waals surface area contributed by atoms with Crippen molar-refractivity contribution in [1.82, 2.24) is 25.3 Å². The lowest BCUT2D eigenvalue weighted by atomic mass is 10.0. The van der Waals surface area contributed by atoms with Crippen molar-refractivity contribution in [3.05, 3.63) is 42.4 Å². The van der Waals surface area contributed by atoms with E-state index in [1.54, 1.807) is 12.4 Å². The number of H-pyrrole nitrogens is 1. The fraction of sp³-hybridized carbons (Fsp3) is 0.300. The molecule has 1 atom stereocenters. The van der Waals surface area contributed by atoms with Crippen LogP contribution in [0.4, 0.5) is 5.82 Å². The van der Waals surface area contributed by atoms with Crippen LogP contribution >= 0.6 is 0 Å². The van der Waals surface area contributed by atoms with E-state index in [1.165, 1.54) is 0 Å². The van der Waals surface area contributed by atoms with Gasteiger partial charge in [-0.15, -0.1) is 0 Å². The molecule has 1 saturated heterocycles. The molecule has 4 aromatic heterocycles. The highest BCUT2D eigenvalue weighted by Crippen LogP contribution is 2.35. The van der Waals surface area contributed by atoms with Gasteiger partial charge in [0.2, 0.25) is 0 Å². The van der Waals surface area contributed by atoms with E-state index in [-0.39, 0.29) is 6.04 Å². The molecule has 28 heavy (non-hydrogen) atoms. The van der Waals surface area contributed by atoms with E-state index in [9.17, 15) is 0 Å². The number of morpholine rings is 1. The molecule has 8 heteroatoms. The van der Waals surface area contributed by atoms with Gasteiger partial charge >= 0.3 is 0 Å². The molecule has 0 aromatic carbocycles. The van der Waals surface area contributed by atoms with Gasteiger partial charge in [0, 0.05) is 36.0 Å². The summed E-state index contributed by atoms with van der Waals surface area (Å²) in [5, 5.41) is 12.1. The Balaban J connectivity index is 1.78. The minimum absolute atomic E-state index is 0.232. The fourth-order valence-electron chi connectivity index (χ4n) is 3.63. The van der Waals surface area contributed by atoms with Crippen molar-refractivity contribution < 1.29 is 9.26 Å². The zero-order chi connectivity index (χ0) is 19.1. The number of nitrogens with zero attached hydrogens (tertiary/aromatic N) is 5. The summed E-state index contributed by atoms with van der Waals surface area (Å²) in [7, 11) is 0. The monoisotopic (exact) mass is 376 g/mol. The number of pyridine rings is 2. The van der Waals surface area contributed by atoms with Crippen LogP contribution in [-0.2, 0) is 4.74 Å². The first-order valence-electron chi connectivity index (χ1n) is 9.28. The zero-order valence-corrected chi connectivity index (χ0v) is 15.7. The van der Waals surface area contributed by atoms with Crippen LogP contribution in [0.25, 0.3) is 33.6 Å². The normalized spacial score (nSPS) is 17.4. The highest BCUT2D eigenvalue weighted by molar-refractivity contribution is 6.00. The smallest absolute Gasteiger partial charge is 0.167 e. The summed E-state index contributed by atoms with van der Waals surface area (Å²) in [6, 6.07) is 8.10. The molecule has 1 aliphatic heterocycles. The first-order valence-corrected chi connectivity index (χ1v) is 9.28. The van der Waals surface area contributed by atoms with Crippen molar-refractivity contribution in [2.24, 2.45) is 0 Å². The molecule has 0 aliphatic carbocycles. The van der Waals surface area contributed by atoms with Crippen LogP contribution in [0.15, 0.2) is 41.2 Å². The molecule has 4 aromatic rings. The number of aryl methyl sites for hydroxylation is 1. The summed E-state index contributed by atoms with van der Waals surface area (Å²) >= 11 is 0. The first kappa shape index (κ1) is 16.9. The number of rotatable bonds is 3. The summed E-state index contributed by atoms with van der Waals surface area (Å²) in [6.07, 6.45) is 3.49. The average molecular weight is 376 g/mol. The van der Waals surface area contributed by atoms with Crippen LogP contribution in [0, 0.1) is 6.92 Å². The molecule has 5 rings (SSSR count). The van der Waals surface area contributed by atoms with E-state index >= 15 is 0 Å². The highest BCUT2D eigenvalue weighted by Gasteiger charge is 2.23. The Bertz CT molecular complexity index is 1120. The van der Waals surface area contributed by atoms with Gasteiger partial charge < -0.3 is 14.2 Å². The highest BCUT2D eigenvalue weighted by atomic mass is 16.5. The number of aromatic amines is 1. The van der Waals surface area contributed by atoms with E-state index in [0.717, 1.165) is 45.9 Å². The van der Waals surface area contributed by atoms with Gasteiger partial charge in [0.05, 0.1) is 30.6 Å². The molecular weight excluding hydrogens is 356 g/mol. The number of fused-ring (bicyclic) bond motifs is 1. The second-order valence-corrected chi connectivity index (χ2v) is 7.00. The van der Waals surface area contributed by atoms with Crippen molar-refractivity contribution in [2.75, 3.05) is 24.7 Å². The Morgan fingerprint density at radius 1 is 1.21 bits per heavy atom. The molecule has 0 radical (unpaired) electrons. The molecule has 1 unspecified atom stereocenters. The summed E-state index contributed by atoms with van der Waals surface area (Å²) in [4.78, 5) is 11.8. The first-order chi connectivity index (χ1) is 13.7. The third-order valence-corrected chi connectivity index (χ3v) is 5.03. The second-order valence-electron chi connectivity index (χ2n) is 7.00. The van der Waals surface area contributed by atoms with E-state index in [0.29, 0.717) is 19.0 Å². The molecule has 142 valence electrons. The number of ether oxygens (including phenoxy) is 1. The van der Waals surface area contributed by atoms with Crippen molar-refractivity contribution in [3.63, 3.8) is 0 Å². The minimum Gasteiger partial charge on any atom is -0.377 e. The van der Waals surface area contributed by atoms with E-state index in [2.05, 4.69) is 38.2 Å². The SMILES string of the molecule is Cc1cc(-c2cc(N3CCOCC3C)nc3c(-c4ccn[nH]4)nccc23)on1. The van der Waals surface area contributed by atoms with Gasteiger partial charge in [-0.05, 0) is 32.0 Å². The largest absolute Gasteiger partial charge is 0.377 e. The zero-order valence-electron chi connectivity index (χ0n) is 15.7. The molecule has 0 amide bonds. The molecule has 1 aliphatic rings. The number of hydrogen-bond donors (Lipinski definition) is 1. The lowest BCUT2D eigenvalue weighted by Crippen LogP contribution is -2.44. The maximum absolute atomic E-state index is 5.60. The van der Waals surface area contributed by atoms with Crippen molar-refractivity contribution in [2.45, 2.75) is 19.9 Å². The van der Waals surface area contributed by atoms with Gasteiger partial charge in [0.15, 0.2) is 5.76 Å². The Labute approximate surface area is 161 Å². The van der Waals surface area contributed by atoms with Crippen LogP contribution in [0.1, 0.15) is 12.6 Å². The topological polar surface area (TPSA) is 93.0 Å². The Morgan fingerprint density at radius 2 is 2.14 bits per heavy atom. The van der Waals surface area contributed by atoms with Gasteiger partial charge in [0.25, 0.3) is 0 Å².